The number of halogens is 5. The SMILES string of the molecule is FC(F)(F)C(F)(F)Oc1ccccc1P(C1CCCC1)C1CCCC1. The summed E-state index contributed by atoms with van der Waals surface area (Å²) in [7, 11) is -0.793. The van der Waals surface area contributed by atoms with E-state index in [1.165, 1.54) is 12.1 Å². The highest BCUT2D eigenvalue weighted by molar-refractivity contribution is 7.67. The Morgan fingerprint density at radius 2 is 1.28 bits per heavy atom. The molecule has 7 heteroatoms. The summed E-state index contributed by atoms with van der Waals surface area (Å²) in [5.41, 5.74) is 0.810. The van der Waals surface area contributed by atoms with E-state index in [4.69, 9.17) is 0 Å². The third kappa shape index (κ3) is 4.10. The molecule has 1 nitrogen and oxygen atoms in total. The number of hydrogen-bond donors (Lipinski definition) is 0. The molecule has 3 rings (SSSR count). The molecule has 2 aliphatic rings. The van der Waals surface area contributed by atoms with Crippen molar-refractivity contribution in [1.82, 2.24) is 0 Å². The summed E-state index contributed by atoms with van der Waals surface area (Å²) in [6.45, 7) is 0. The van der Waals surface area contributed by atoms with Crippen LogP contribution in [0.2, 0.25) is 0 Å². The second-order valence-electron chi connectivity index (χ2n) is 6.87. The molecule has 0 unspecified atom stereocenters. The monoisotopic (exact) mass is 380 g/mol. The Bertz CT molecular complexity index is 561. The number of ether oxygens (including phenoxy) is 1. The average molecular weight is 380 g/mol. The summed E-state index contributed by atoms with van der Waals surface area (Å²) < 4.78 is 69.0. The largest absolute Gasteiger partial charge is 0.499 e. The molecule has 140 valence electrons. The number of alkyl halides is 5. The summed E-state index contributed by atoms with van der Waals surface area (Å²) in [5.74, 6) is -0.297. The first-order valence-electron chi connectivity index (χ1n) is 8.80. The van der Waals surface area contributed by atoms with E-state index in [0.717, 1.165) is 51.4 Å². The van der Waals surface area contributed by atoms with Gasteiger partial charge in [0.15, 0.2) is 0 Å². The Balaban J connectivity index is 1.93. The molecule has 2 fully saturated rings. The number of para-hydroxylation sites is 1. The number of hydrogen-bond acceptors (Lipinski definition) is 1. The maximum Gasteiger partial charge on any atom is 0.499 e. The van der Waals surface area contributed by atoms with Crippen molar-refractivity contribution < 1.29 is 26.7 Å². The molecule has 2 saturated carbocycles. The Morgan fingerprint density at radius 1 is 0.800 bits per heavy atom. The minimum Gasteiger partial charge on any atom is -0.425 e. The molecular weight excluding hydrogens is 358 g/mol. The van der Waals surface area contributed by atoms with E-state index in [0.29, 0.717) is 16.6 Å². The van der Waals surface area contributed by atoms with Crippen LogP contribution in [0, 0.1) is 0 Å². The van der Waals surface area contributed by atoms with Gasteiger partial charge in [0, 0.05) is 5.30 Å². The predicted octanol–water partition coefficient (Wildman–Crippen LogP) is 6.21. The second kappa shape index (κ2) is 7.38. The Morgan fingerprint density at radius 3 is 1.76 bits per heavy atom. The van der Waals surface area contributed by atoms with Gasteiger partial charge in [-0.2, -0.15) is 22.0 Å². The molecule has 0 aliphatic heterocycles. The van der Waals surface area contributed by atoms with E-state index >= 15 is 0 Å². The van der Waals surface area contributed by atoms with Gasteiger partial charge in [0.1, 0.15) is 5.75 Å². The molecule has 0 atom stereocenters. The smallest absolute Gasteiger partial charge is 0.425 e. The van der Waals surface area contributed by atoms with Crippen LogP contribution in [0.15, 0.2) is 24.3 Å². The van der Waals surface area contributed by atoms with Crippen LogP contribution >= 0.6 is 7.92 Å². The Kier molecular flexibility index (Phi) is 5.57. The minimum absolute atomic E-state index is 0.297. The molecule has 0 spiro atoms. The summed E-state index contributed by atoms with van der Waals surface area (Å²) in [6.07, 6.45) is -2.32. The highest BCUT2D eigenvalue weighted by atomic mass is 31.1. The molecule has 0 aromatic heterocycles. The van der Waals surface area contributed by atoms with E-state index in [-0.39, 0.29) is 5.75 Å². The van der Waals surface area contributed by atoms with Gasteiger partial charge in [-0.25, -0.2) is 0 Å². The molecule has 25 heavy (non-hydrogen) atoms. The van der Waals surface area contributed by atoms with E-state index in [1.54, 1.807) is 12.1 Å². The number of rotatable bonds is 5. The maximum absolute atomic E-state index is 13.5. The maximum atomic E-state index is 13.5. The summed E-state index contributed by atoms with van der Waals surface area (Å²) in [4.78, 5) is 0. The van der Waals surface area contributed by atoms with Crippen LogP contribution in [0.1, 0.15) is 51.4 Å². The van der Waals surface area contributed by atoms with Crippen molar-refractivity contribution in [3.63, 3.8) is 0 Å². The van der Waals surface area contributed by atoms with Gasteiger partial charge in [-0.1, -0.05) is 51.8 Å². The van der Waals surface area contributed by atoms with Crippen LogP contribution in [0.3, 0.4) is 0 Å². The van der Waals surface area contributed by atoms with Crippen molar-refractivity contribution in [3.8, 4) is 5.75 Å². The fraction of sp³-hybridized carbons (Fsp3) is 0.667. The first kappa shape index (κ1) is 18.9. The first-order chi connectivity index (χ1) is 11.8. The molecular formula is C18H22F5OP. The molecule has 1 aromatic rings. The molecule has 0 heterocycles. The van der Waals surface area contributed by atoms with Crippen molar-refractivity contribution in [2.75, 3.05) is 0 Å². The summed E-state index contributed by atoms with van der Waals surface area (Å²) in [5, 5.41) is 0.584. The van der Waals surface area contributed by atoms with Gasteiger partial charge in [0.05, 0.1) is 0 Å². The lowest BCUT2D eigenvalue weighted by Gasteiger charge is -2.32. The Labute approximate surface area is 145 Å². The summed E-state index contributed by atoms with van der Waals surface area (Å²) >= 11 is 0. The zero-order chi connectivity index (χ0) is 18.1. The molecule has 0 N–H and O–H groups in total. The van der Waals surface area contributed by atoms with Crippen LogP contribution in [0.5, 0.6) is 5.75 Å². The lowest BCUT2D eigenvalue weighted by molar-refractivity contribution is -0.360. The van der Waals surface area contributed by atoms with Gasteiger partial charge >= 0.3 is 12.3 Å². The van der Waals surface area contributed by atoms with Crippen molar-refractivity contribution >= 4 is 13.2 Å². The van der Waals surface area contributed by atoms with E-state index in [1.807, 2.05) is 0 Å². The van der Waals surface area contributed by atoms with Gasteiger partial charge in [0.2, 0.25) is 0 Å². The first-order valence-corrected chi connectivity index (χ1v) is 10.3. The highest BCUT2D eigenvalue weighted by Crippen LogP contribution is 2.57. The van der Waals surface area contributed by atoms with Crippen molar-refractivity contribution in [1.29, 1.82) is 0 Å². The number of benzene rings is 1. The fourth-order valence-electron chi connectivity index (χ4n) is 4.01. The topological polar surface area (TPSA) is 9.23 Å². The minimum atomic E-state index is -5.72. The van der Waals surface area contributed by atoms with Crippen LogP contribution in [0.4, 0.5) is 22.0 Å². The summed E-state index contributed by atoms with van der Waals surface area (Å²) in [6, 6.07) is 6.13. The lowest BCUT2D eigenvalue weighted by Crippen LogP contribution is -2.42. The molecule has 0 saturated heterocycles. The quantitative estimate of drug-likeness (QED) is 0.436. The van der Waals surface area contributed by atoms with Crippen LogP contribution in [0.25, 0.3) is 0 Å². The van der Waals surface area contributed by atoms with Gasteiger partial charge in [-0.15, -0.1) is 0 Å². The fourth-order valence-corrected chi connectivity index (χ4v) is 7.87. The zero-order valence-corrected chi connectivity index (χ0v) is 14.8. The third-order valence-electron chi connectivity index (χ3n) is 5.15. The van der Waals surface area contributed by atoms with Gasteiger partial charge in [0.25, 0.3) is 0 Å². The molecule has 2 aliphatic carbocycles. The molecule has 0 radical (unpaired) electrons. The lowest BCUT2D eigenvalue weighted by atomic mass is 10.3. The Hall–Kier alpha value is -0.900. The standard InChI is InChI=1S/C18H22F5OP/c19-17(20,21)18(22,23)24-15-11-5-6-12-16(15)25(13-7-1-2-8-13)14-9-3-4-10-14/h5-6,11-14H,1-4,7-10H2. The van der Waals surface area contributed by atoms with Crippen LogP contribution in [-0.4, -0.2) is 23.6 Å². The van der Waals surface area contributed by atoms with E-state index in [2.05, 4.69) is 4.74 Å². The third-order valence-corrected chi connectivity index (χ3v) is 8.68. The van der Waals surface area contributed by atoms with E-state index in [9.17, 15) is 22.0 Å². The van der Waals surface area contributed by atoms with Gasteiger partial charge in [-0.05, 0) is 43.1 Å². The molecule has 0 bridgehead atoms. The van der Waals surface area contributed by atoms with Crippen LogP contribution < -0.4 is 10.0 Å². The second-order valence-corrected chi connectivity index (χ2v) is 9.63. The molecule has 0 amide bonds. The predicted molar refractivity (Wildman–Crippen MR) is 89.1 cm³/mol. The normalized spacial score (nSPS) is 20.6. The van der Waals surface area contributed by atoms with Crippen molar-refractivity contribution in [2.45, 2.75) is 75.0 Å². The average Bonchev–Trinajstić information content (AvgIpc) is 3.22. The highest BCUT2D eigenvalue weighted by Gasteiger charge is 2.61. The van der Waals surface area contributed by atoms with Crippen molar-refractivity contribution in [3.05, 3.63) is 24.3 Å². The van der Waals surface area contributed by atoms with Crippen molar-refractivity contribution in [2.24, 2.45) is 0 Å². The zero-order valence-electron chi connectivity index (χ0n) is 13.9. The molecule has 1 aromatic carbocycles. The van der Waals surface area contributed by atoms with Gasteiger partial charge in [-0.3, -0.25) is 0 Å². The van der Waals surface area contributed by atoms with Crippen LogP contribution in [-0.2, 0) is 0 Å². The van der Waals surface area contributed by atoms with Gasteiger partial charge < -0.3 is 4.74 Å². The van der Waals surface area contributed by atoms with E-state index < -0.39 is 20.2 Å².